The lowest BCUT2D eigenvalue weighted by Gasteiger charge is -2.16. The fourth-order valence-corrected chi connectivity index (χ4v) is 1.83. The van der Waals surface area contributed by atoms with Crippen LogP contribution in [0.25, 0.3) is 0 Å². The molecule has 2 rings (SSSR count). The Kier molecular flexibility index (Phi) is 3.77. The van der Waals surface area contributed by atoms with Gasteiger partial charge in [0.1, 0.15) is 5.76 Å². The van der Waals surface area contributed by atoms with Crippen molar-refractivity contribution < 1.29 is 19.0 Å². The fraction of sp³-hybridized carbons (Fsp3) is 0.636. The van der Waals surface area contributed by atoms with Crippen LogP contribution in [0.5, 0.6) is 0 Å². The lowest BCUT2D eigenvalue weighted by molar-refractivity contribution is -0.0532. The van der Waals surface area contributed by atoms with Gasteiger partial charge in [-0.25, -0.2) is 0 Å². The predicted octanol–water partition coefficient (Wildman–Crippen LogP) is 1.51. The summed E-state index contributed by atoms with van der Waals surface area (Å²) < 4.78 is 16.1. The molecule has 4 nitrogen and oxygen atoms in total. The molecule has 1 N–H and O–H groups in total. The van der Waals surface area contributed by atoms with Crippen LogP contribution < -0.4 is 0 Å². The Morgan fingerprint density at radius 2 is 2.20 bits per heavy atom. The lowest BCUT2D eigenvalue weighted by Crippen LogP contribution is -2.14. The van der Waals surface area contributed by atoms with E-state index in [1.165, 1.54) is 0 Å². The molecule has 0 aliphatic carbocycles. The summed E-state index contributed by atoms with van der Waals surface area (Å²) in [5.74, 6) is 1.07. The molecule has 1 aliphatic heterocycles. The summed E-state index contributed by atoms with van der Waals surface area (Å²) in [4.78, 5) is 0. The third kappa shape index (κ3) is 2.81. The number of furan rings is 1. The Bertz CT molecular complexity index is 264. The van der Waals surface area contributed by atoms with Crippen molar-refractivity contribution in [3.05, 3.63) is 24.2 Å². The molecule has 0 saturated carbocycles. The van der Waals surface area contributed by atoms with Crippen molar-refractivity contribution in [3.63, 3.8) is 0 Å². The van der Waals surface area contributed by atoms with Gasteiger partial charge in [0.25, 0.3) is 0 Å². The van der Waals surface area contributed by atoms with Crippen LogP contribution in [-0.4, -0.2) is 31.2 Å². The van der Waals surface area contributed by atoms with Gasteiger partial charge in [0.2, 0.25) is 0 Å². The molecule has 0 amide bonds. The molecule has 84 valence electrons. The predicted molar refractivity (Wildman–Crippen MR) is 53.5 cm³/mol. The van der Waals surface area contributed by atoms with Crippen molar-refractivity contribution >= 4 is 0 Å². The van der Waals surface area contributed by atoms with Crippen LogP contribution in [0, 0.1) is 0 Å². The average molecular weight is 212 g/mol. The number of rotatable bonds is 5. The van der Waals surface area contributed by atoms with E-state index in [2.05, 4.69) is 0 Å². The zero-order valence-electron chi connectivity index (χ0n) is 8.59. The Morgan fingerprint density at radius 3 is 2.80 bits per heavy atom. The maximum absolute atomic E-state index is 8.99. The first-order chi connectivity index (χ1) is 7.40. The highest BCUT2D eigenvalue weighted by Gasteiger charge is 2.23. The summed E-state index contributed by atoms with van der Waals surface area (Å²) in [6, 6.07) is 3.78. The molecule has 0 bridgehead atoms. The minimum Gasteiger partial charge on any atom is -0.469 e. The third-order valence-corrected chi connectivity index (χ3v) is 2.59. The first-order valence-corrected chi connectivity index (χ1v) is 5.27. The third-order valence-electron chi connectivity index (χ3n) is 2.59. The second-order valence-electron chi connectivity index (χ2n) is 3.63. The minimum absolute atomic E-state index is 0.147. The summed E-state index contributed by atoms with van der Waals surface area (Å²) >= 11 is 0. The molecule has 2 heterocycles. The summed E-state index contributed by atoms with van der Waals surface area (Å²) in [5.41, 5.74) is 0. The summed E-state index contributed by atoms with van der Waals surface area (Å²) in [7, 11) is 0. The molecule has 15 heavy (non-hydrogen) atoms. The van der Waals surface area contributed by atoms with Crippen molar-refractivity contribution in [2.45, 2.75) is 25.0 Å². The average Bonchev–Trinajstić information content (AvgIpc) is 2.89. The van der Waals surface area contributed by atoms with E-state index in [0.29, 0.717) is 19.6 Å². The molecule has 1 aromatic heterocycles. The number of ether oxygens (including phenoxy) is 2. The van der Waals surface area contributed by atoms with Gasteiger partial charge in [-0.05, 0) is 18.6 Å². The van der Waals surface area contributed by atoms with Crippen LogP contribution in [0.15, 0.2) is 22.8 Å². The Hall–Kier alpha value is -0.840. The monoisotopic (exact) mass is 212 g/mol. The Labute approximate surface area is 88.8 Å². The highest BCUT2D eigenvalue weighted by molar-refractivity contribution is 5.05. The van der Waals surface area contributed by atoms with Gasteiger partial charge in [-0.3, -0.25) is 0 Å². The van der Waals surface area contributed by atoms with E-state index in [0.717, 1.165) is 12.2 Å². The van der Waals surface area contributed by atoms with E-state index in [9.17, 15) is 0 Å². The summed E-state index contributed by atoms with van der Waals surface area (Å²) in [6.07, 6.45) is 2.92. The standard InChI is InChI=1S/C11H16O4/c12-4-3-9(10-2-1-5-13-10)8-11-14-6-7-15-11/h1-2,5,9,11-12H,3-4,6-8H2. The molecule has 1 saturated heterocycles. The van der Waals surface area contributed by atoms with Gasteiger partial charge in [-0.1, -0.05) is 0 Å². The van der Waals surface area contributed by atoms with E-state index in [1.54, 1.807) is 6.26 Å². The second kappa shape index (κ2) is 5.30. The normalized spacial score (nSPS) is 19.5. The van der Waals surface area contributed by atoms with Gasteiger partial charge in [0, 0.05) is 18.9 Å². The van der Waals surface area contributed by atoms with Gasteiger partial charge in [-0.2, -0.15) is 0 Å². The smallest absolute Gasteiger partial charge is 0.158 e. The zero-order valence-corrected chi connectivity index (χ0v) is 8.59. The highest BCUT2D eigenvalue weighted by Crippen LogP contribution is 2.27. The maximum Gasteiger partial charge on any atom is 0.158 e. The van der Waals surface area contributed by atoms with E-state index in [-0.39, 0.29) is 18.8 Å². The van der Waals surface area contributed by atoms with Crippen LogP contribution in [-0.2, 0) is 9.47 Å². The fourth-order valence-electron chi connectivity index (χ4n) is 1.83. The number of hydrogen-bond acceptors (Lipinski definition) is 4. The topological polar surface area (TPSA) is 51.8 Å². The largest absolute Gasteiger partial charge is 0.469 e. The van der Waals surface area contributed by atoms with Crippen molar-refractivity contribution in [3.8, 4) is 0 Å². The molecule has 1 fully saturated rings. The first kappa shape index (κ1) is 10.7. The Morgan fingerprint density at radius 1 is 1.40 bits per heavy atom. The van der Waals surface area contributed by atoms with E-state index in [4.69, 9.17) is 19.0 Å². The van der Waals surface area contributed by atoms with Crippen LogP contribution in [0.1, 0.15) is 24.5 Å². The van der Waals surface area contributed by atoms with Crippen LogP contribution in [0.3, 0.4) is 0 Å². The first-order valence-electron chi connectivity index (χ1n) is 5.27. The number of aliphatic hydroxyl groups is 1. The summed E-state index contributed by atoms with van der Waals surface area (Å²) in [5, 5.41) is 8.99. The van der Waals surface area contributed by atoms with Crippen molar-refractivity contribution in [1.82, 2.24) is 0 Å². The molecular formula is C11H16O4. The van der Waals surface area contributed by atoms with Crippen molar-refractivity contribution in [2.75, 3.05) is 19.8 Å². The number of hydrogen-bond donors (Lipinski definition) is 1. The molecule has 4 heteroatoms. The lowest BCUT2D eigenvalue weighted by atomic mass is 9.98. The van der Waals surface area contributed by atoms with Crippen LogP contribution in [0.2, 0.25) is 0 Å². The molecule has 1 aliphatic rings. The SMILES string of the molecule is OCCC(CC1OCCO1)c1ccco1. The number of aliphatic hydroxyl groups excluding tert-OH is 1. The van der Waals surface area contributed by atoms with Gasteiger partial charge in [-0.15, -0.1) is 0 Å². The Balaban J connectivity index is 1.93. The molecule has 0 spiro atoms. The van der Waals surface area contributed by atoms with Crippen LogP contribution in [0.4, 0.5) is 0 Å². The van der Waals surface area contributed by atoms with Crippen molar-refractivity contribution in [1.29, 1.82) is 0 Å². The van der Waals surface area contributed by atoms with Gasteiger partial charge in [0.15, 0.2) is 6.29 Å². The minimum atomic E-state index is -0.147. The van der Waals surface area contributed by atoms with E-state index < -0.39 is 0 Å². The van der Waals surface area contributed by atoms with Gasteiger partial charge in [0.05, 0.1) is 19.5 Å². The highest BCUT2D eigenvalue weighted by atomic mass is 16.7. The molecule has 1 aromatic rings. The molecule has 0 radical (unpaired) electrons. The molecular weight excluding hydrogens is 196 g/mol. The van der Waals surface area contributed by atoms with E-state index in [1.807, 2.05) is 12.1 Å². The van der Waals surface area contributed by atoms with Gasteiger partial charge >= 0.3 is 0 Å². The van der Waals surface area contributed by atoms with Gasteiger partial charge < -0.3 is 19.0 Å². The molecule has 1 atom stereocenters. The molecule has 1 unspecified atom stereocenters. The quantitative estimate of drug-likeness (QED) is 0.803. The zero-order chi connectivity index (χ0) is 10.5. The van der Waals surface area contributed by atoms with Crippen molar-refractivity contribution in [2.24, 2.45) is 0 Å². The summed E-state index contributed by atoms with van der Waals surface area (Å²) in [6.45, 7) is 1.47. The van der Waals surface area contributed by atoms with E-state index >= 15 is 0 Å². The maximum atomic E-state index is 8.99. The van der Waals surface area contributed by atoms with Crippen LogP contribution >= 0.6 is 0 Å². The second-order valence-corrected chi connectivity index (χ2v) is 3.63. The molecule has 0 aromatic carbocycles.